The molecule has 0 aliphatic rings. The molecule has 0 amide bonds. The van der Waals surface area contributed by atoms with Crippen LogP contribution in [0, 0.1) is 0 Å². The normalized spacial score (nSPS) is 11.7. The molecular weight excluding hydrogens is 757 g/mol. The summed E-state index contributed by atoms with van der Waals surface area (Å²) in [5, 5.41) is 0. The van der Waals surface area contributed by atoms with E-state index < -0.39 is 29.4 Å². The fourth-order valence-corrected chi connectivity index (χ4v) is 3.59. The Morgan fingerprint density at radius 1 is 0.692 bits per heavy atom. The van der Waals surface area contributed by atoms with Crippen LogP contribution in [0.4, 0.5) is 37.7 Å². The predicted octanol–water partition coefficient (Wildman–Crippen LogP) is 4.29. The maximum absolute atomic E-state index is 12.2. The van der Waals surface area contributed by atoms with Gasteiger partial charge in [0, 0.05) is 74.0 Å². The largest absolute Gasteiger partial charge is 0.800 e. The van der Waals surface area contributed by atoms with Crippen LogP contribution in [0.2, 0.25) is 0 Å². The van der Waals surface area contributed by atoms with Gasteiger partial charge in [0.25, 0.3) is 0 Å². The molecule has 0 fully saturated rings. The summed E-state index contributed by atoms with van der Waals surface area (Å²) < 4.78 is 79.4. The van der Waals surface area contributed by atoms with Gasteiger partial charge in [-0.1, -0.05) is 0 Å². The Morgan fingerprint density at radius 2 is 1.00 bits per heavy atom. The topological polar surface area (TPSA) is 62.3 Å². The van der Waals surface area contributed by atoms with Gasteiger partial charge >= 0.3 is 24.7 Å². The molecule has 0 heterocycles. The Labute approximate surface area is 247 Å². The molecule has 7 nitrogen and oxygen atoms in total. The van der Waals surface area contributed by atoms with Gasteiger partial charge < -0.3 is 49.4 Å². The van der Waals surface area contributed by atoms with Crippen LogP contribution >= 0.6 is 0 Å². The molecule has 1 radical (unpaired) electrons. The summed E-state index contributed by atoms with van der Waals surface area (Å²) in [5.74, 6) is -3.00. The molecule has 0 aromatic heterocycles. The number of carbonyl (C=O) groups excluding carboxylic acids is 2. The molecule has 16 heteroatoms. The van der Waals surface area contributed by atoms with Crippen molar-refractivity contribution in [3.63, 3.8) is 0 Å². The maximum atomic E-state index is 12.2. The minimum atomic E-state index is -5.07. The van der Waals surface area contributed by atoms with Crippen molar-refractivity contribution in [2.45, 2.75) is 17.4 Å². The average Bonchev–Trinajstić information content (AvgIpc) is 2.81. The Bertz CT molecular complexity index is 992. The van der Waals surface area contributed by atoms with Crippen LogP contribution in [0.1, 0.15) is 20.7 Å². The van der Waals surface area contributed by atoms with E-state index in [1.807, 2.05) is 4.90 Å². The Balaban J connectivity index is 0.00000760. The standard InChI is InChI=1S/C23H25F6N3O4S2.Au/c1-30(17-7-3-15(4-8-17)19(33)35-22(24,25)26)11-13-32(21(37)38)14-12-31(2)18-9-5-16(6-10-18)20(34)36-23(27,28)29;/h3-10,21,37-38H,11-14H2,1-2H3;/p-2. The van der Waals surface area contributed by atoms with Crippen molar-refractivity contribution < 1.29 is 67.8 Å². The molecule has 0 spiro atoms. The number of alkyl halides is 6. The number of esters is 2. The number of benzene rings is 2. The van der Waals surface area contributed by atoms with Crippen LogP contribution < -0.4 is 9.80 Å². The van der Waals surface area contributed by atoms with E-state index in [0.717, 1.165) is 0 Å². The van der Waals surface area contributed by atoms with Gasteiger partial charge in [0.1, 0.15) is 0 Å². The molecule has 0 unspecified atom stereocenters. The summed E-state index contributed by atoms with van der Waals surface area (Å²) >= 11 is 10.5. The number of hydrogen-bond donors (Lipinski definition) is 0. The molecule has 0 saturated heterocycles. The van der Waals surface area contributed by atoms with Crippen molar-refractivity contribution in [1.29, 1.82) is 0 Å². The third-order valence-corrected chi connectivity index (χ3v) is 5.84. The fraction of sp³-hybridized carbons (Fsp3) is 0.391. The van der Waals surface area contributed by atoms with Crippen LogP contribution in [0.15, 0.2) is 48.5 Å². The van der Waals surface area contributed by atoms with Gasteiger partial charge in [-0.25, -0.2) is 14.3 Å². The van der Waals surface area contributed by atoms with Gasteiger partial charge in [-0.05, 0) is 48.5 Å². The van der Waals surface area contributed by atoms with Crippen LogP contribution in [0.3, 0.4) is 0 Å². The van der Waals surface area contributed by atoms with E-state index in [-0.39, 0.29) is 33.5 Å². The first-order valence-electron chi connectivity index (χ1n) is 10.8. The predicted molar refractivity (Wildman–Crippen MR) is 132 cm³/mol. The molecule has 221 valence electrons. The summed E-state index contributed by atoms with van der Waals surface area (Å²) in [7, 11) is 3.50. The number of rotatable bonds is 11. The Hall–Kier alpha value is -2.04. The van der Waals surface area contributed by atoms with E-state index >= 15 is 0 Å². The van der Waals surface area contributed by atoms with Crippen LogP contribution in [0.25, 0.3) is 0 Å². The summed E-state index contributed by atoms with van der Waals surface area (Å²) in [5.41, 5.74) is 0.788. The van der Waals surface area contributed by atoms with Crippen molar-refractivity contribution in [3.05, 3.63) is 59.7 Å². The van der Waals surface area contributed by atoms with E-state index in [0.29, 0.717) is 37.6 Å². The second kappa shape index (κ2) is 15.1. The van der Waals surface area contributed by atoms with Crippen molar-refractivity contribution in [2.24, 2.45) is 0 Å². The van der Waals surface area contributed by atoms with Crippen molar-refractivity contribution in [2.75, 3.05) is 50.1 Å². The molecule has 0 saturated carbocycles. The van der Waals surface area contributed by atoms with Gasteiger partial charge in [-0.3, -0.25) is 0 Å². The second-order valence-corrected chi connectivity index (χ2v) is 9.14. The molecule has 2 aromatic carbocycles. The van der Waals surface area contributed by atoms with E-state index in [1.165, 1.54) is 48.5 Å². The molecule has 39 heavy (non-hydrogen) atoms. The van der Waals surface area contributed by atoms with E-state index in [1.54, 1.807) is 23.9 Å². The number of anilines is 2. The SMILES string of the molecule is CN(CCN(CCN(C)c1ccc(C(=O)OC(F)(F)F)cc1)C([S-])[S-])c1ccc(C(=O)OC(F)(F)F)cc1.[Au]. The maximum Gasteiger partial charge on any atom is 0.575 e. The summed E-state index contributed by atoms with van der Waals surface area (Å²) in [4.78, 5) is 28.5. The first-order chi connectivity index (χ1) is 17.6. The van der Waals surface area contributed by atoms with E-state index in [2.05, 4.69) is 9.47 Å². The Kier molecular flexibility index (Phi) is 13.5. The third-order valence-electron chi connectivity index (χ3n) is 5.25. The van der Waals surface area contributed by atoms with Gasteiger partial charge in [-0.15, -0.1) is 26.3 Å². The van der Waals surface area contributed by atoms with E-state index in [9.17, 15) is 35.9 Å². The van der Waals surface area contributed by atoms with Crippen LogP contribution in [-0.4, -0.2) is 74.5 Å². The first-order valence-corrected chi connectivity index (χ1v) is 11.8. The van der Waals surface area contributed by atoms with E-state index in [4.69, 9.17) is 25.3 Å². The molecule has 0 N–H and O–H groups in total. The monoisotopic (exact) mass is 780 g/mol. The van der Waals surface area contributed by atoms with Crippen LogP contribution in [0.5, 0.6) is 0 Å². The van der Waals surface area contributed by atoms with Gasteiger partial charge in [0.05, 0.1) is 11.1 Å². The minimum Gasteiger partial charge on any atom is -0.800 e. The zero-order chi connectivity index (χ0) is 28.7. The minimum absolute atomic E-state index is 0. The van der Waals surface area contributed by atoms with Crippen molar-refractivity contribution in [3.8, 4) is 0 Å². The molecular formula is C23H23AuF6N3O4S2-2. The summed E-state index contributed by atoms with van der Waals surface area (Å²) in [6.07, 6.45) is -10.1. The molecule has 0 bridgehead atoms. The number of ether oxygens (including phenoxy) is 2. The Morgan fingerprint density at radius 3 is 1.26 bits per heavy atom. The molecule has 0 atom stereocenters. The number of likely N-dealkylation sites (N-methyl/N-ethyl adjacent to an activating group) is 2. The molecule has 2 rings (SSSR count). The third kappa shape index (κ3) is 12.3. The van der Waals surface area contributed by atoms with Crippen molar-refractivity contribution >= 4 is 48.6 Å². The van der Waals surface area contributed by atoms with Crippen LogP contribution in [-0.2, 0) is 57.1 Å². The number of hydrogen-bond acceptors (Lipinski definition) is 9. The van der Waals surface area contributed by atoms with Gasteiger partial charge in [0.15, 0.2) is 0 Å². The molecule has 0 aliphatic carbocycles. The zero-order valence-electron chi connectivity index (χ0n) is 20.4. The van der Waals surface area contributed by atoms with Gasteiger partial charge in [-0.2, -0.15) is 0 Å². The number of carbonyl (C=O) groups is 2. The molecule has 0 aliphatic heterocycles. The first kappa shape index (κ1) is 35.0. The van der Waals surface area contributed by atoms with Crippen molar-refractivity contribution in [1.82, 2.24) is 4.90 Å². The summed E-state index contributed by atoms with van der Waals surface area (Å²) in [6, 6.07) is 10.8. The summed E-state index contributed by atoms with van der Waals surface area (Å²) in [6.45, 7) is 1.80. The zero-order valence-corrected chi connectivity index (χ0v) is 24.2. The number of nitrogens with zero attached hydrogens (tertiary/aromatic N) is 3. The van der Waals surface area contributed by atoms with Gasteiger partial charge in [0.2, 0.25) is 0 Å². The fourth-order valence-electron chi connectivity index (χ4n) is 3.17. The quantitative estimate of drug-likeness (QED) is 0.144. The number of halogens is 6. The average molecular weight is 781 g/mol. The smallest absolute Gasteiger partial charge is 0.575 e. The second-order valence-electron chi connectivity index (χ2n) is 7.95. The molecule has 2 aromatic rings.